The second kappa shape index (κ2) is 8.34. The number of nitrogens with one attached hydrogen (secondary N) is 2. The molecule has 0 unspecified atom stereocenters. The minimum Gasteiger partial charge on any atom is -0.497 e. The Bertz CT molecular complexity index is 776. The number of benzene rings is 1. The molecule has 24 heavy (non-hydrogen) atoms. The Labute approximate surface area is 140 Å². The van der Waals surface area contributed by atoms with E-state index >= 15 is 0 Å². The van der Waals surface area contributed by atoms with E-state index in [-0.39, 0.29) is 5.57 Å². The van der Waals surface area contributed by atoms with Crippen molar-refractivity contribution < 1.29 is 9.53 Å². The van der Waals surface area contributed by atoms with E-state index in [2.05, 4.69) is 15.6 Å². The van der Waals surface area contributed by atoms with Crippen molar-refractivity contribution in [1.82, 2.24) is 10.3 Å². The number of aryl methyl sites for hydroxylation is 1. The van der Waals surface area contributed by atoms with E-state index in [0.29, 0.717) is 12.4 Å². The summed E-state index contributed by atoms with van der Waals surface area (Å²) in [6.45, 7) is 2.26. The summed E-state index contributed by atoms with van der Waals surface area (Å²) in [6, 6.07) is 12.9. The minimum atomic E-state index is -0.450. The highest BCUT2D eigenvalue weighted by Crippen LogP contribution is 2.11. The van der Waals surface area contributed by atoms with Crippen LogP contribution in [0.5, 0.6) is 5.75 Å². The molecule has 0 spiro atoms. The molecule has 1 aromatic carbocycles. The van der Waals surface area contributed by atoms with Crippen LogP contribution in [0.4, 0.5) is 5.82 Å². The number of nitrogens with zero attached hydrogens (tertiary/aromatic N) is 2. The SMILES string of the molecule is COc1ccc(CNC(=O)/C(C#N)=C\Nc2cc(C)ccn2)cc1. The summed E-state index contributed by atoms with van der Waals surface area (Å²) in [5, 5.41) is 14.7. The van der Waals surface area contributed by atoms with E-state index in [0.717, 1.165) is 16.9 Å². The zero-order valence-corrected chi connectivity index (χ0v) is 13.5. The molecular weight excluding hydrogens is 304 g/mol. The molecule has 2 N–H and O–H groups in total. The summed E-state index contributed by atoms with van der Waals surface area (Å²) < 4.78 is 5.08. The van der Waals surface area contributed by atoms with Crippen LogP contribution in [-0.4, -0.2) is 18.0 Å². The number of carbonyl (C=O) groups excluding carboxylic acids is 1. The van der Waals surface area contributed by atoms with Crippen LogP contribution in [0.2, 0.25) is 0 Å². The van der Waals surface area contributed by atoms with E-state index in [1.807, 2.05) is 49.4 Å². The Kier molecular flexibility index (Phi) is 5.92. The van der Waals surface area contributed by atoms with Crippen molar-refractivity contribution in [3.05, 3.63) is 65.5 Å². The van der Waals surface area contributed by atoms with Crippen LogP contribution < -0.4 is 15.4 Å². The number of amides is 1. The van der Waals surface area contributed by atoms with E-state index in [9.17, 15) is 4.79 Å². The molecular formula is C18H18N4O2. The van der Waals surface area contributed by atoms with Gasteiger partial charge in [0.15, 0.2) is 0 Å². The fourth-order valence-electron chi connectivity index (χ4n) is 1.93. The number of carbonyl (C=O) groups is 1. The number of nitriles is 1. The fourth-order valence-corrected chi connectivity index (χ4v) is 1.93. The van der Waals surface area contributed by atoms with Crippen LogP contribution in [0.25, 0.3) is 0 Å². The molecule has 6 nitrogen and oxygen atoms in total. The molecule has 0 radical (unpaired) electrons. The number of hydrogen-bond donors (Lipinski definition) is 2. The van der Waals surface area contributed by atoms with E-state index in [1.165, 1.54) is 6.20 Å². The first-order valence-corrected chi connectivity index (χ1v) is 7.33. The van der Waals surface area contributed by atoms with Gasteiger partial charge < -0.3 is 15.4 Å². The van der Waals surface area contributed by atoms with Gasteiger partial charge in [0, 0.05) is 18.9 Å². The maximum Gasteiger partial charge on any atom is 0.263 e. The van der Waals surface area contributed by atoms with Crippen LogP contribution in [-0.2, 0) is 11.3 Å². The quantitative estimate of drug-likeness (QED) is 0.630. The second-order valence-electron chi connectivity index (χ2n) is 5.06. The summed E-state index contributed by atoms with van der Waals surface area (Å²) in [5.74, 6) is 0.872. The van der Waals surface area contributed by atoms with Crippen LogP contribution >= 0.6 is 0 Å². The highest BCUT2D eigenvalue weighted by atomic mass is 16.5. The first kappa shape index (κ1) is 17.0. The highest BCUT2D eigenvalue weighted by molar-refractivity contribution is 5.97. The third kappa shape index (κ3) is 4.85. The van der Waals surface area contributed by atoms with Gasteiger partial charge in [-0.15, -0.1) is 0 Å². The zero-order valence-electron chi connectivity index (χ0n) is 13.5. The Balaban J connectivity index is 1.95. The number of methoxy groups -OCH3 is 1. The third-order valence-corrected chi connectivity index (χ3v) is 3.26. The van der Waals surface area contributed by atoms with Gasteiger partial charge in [0.05, 0.1) is 7.11 Å². The largest absolute Gasteiger partial charge is 0.497 e. The maximum absolute atomic E-state index is 12.1. The number of anilines is 1. The lowest BCUT2D eigenvalue weighted by atomic mass is 10.2. The predicted octanol–water partition coefficient (Wildman–Crippen LogP) is 2.53. The van der Waals surface area contributed by atoms with Crippen molar-refractivity contribution >= 4 is 11.7 Å². The van der Waals surface area contributed by atoms with Crippen LogP contribution in [0.15, 0.2) is 54.4 Å². The van der Waals surface area contributed by atoms with Crippen molar-refractivity contribution in [2.45, 2.75) is 13.5 Å². The van der Waals surface area contributed by atoms with Crippen molar-refractivity contribution in [1.29, 1.82) is 5.26 Å². The average molecular weight is 322 g/mol. The van der Waals surface area contributed by atoms with E-state index < -0.39 is 5.91 Å². The Morgan fingerprint density at radius 3 is 2.71 bits per heavy atom. The predicted molar refractivity (Wildman–Crippen MR) is 91.1 cm³/mol. The number of hydrogen-bond acceptors (Lipinski definition) is 5. The lowest BCUT2D eigenvalue weighted by Crippen LogP contribution is -2.24. The van der Waals surface area contributed by atoms with Gasteiger partial charge in [-0.25, -0.2) is 4.98 Å². The molecule has 0 fully saturated rings. The molecule has 0 bridgehead atoms. The molecule has 6 heteroatoms. The normalized spacial score (nSPS) is 10.6. The monoisotopic (exact) mass is 322 g/mol. The number of ether oxygens (including phenoxy) is 1. The summed E-state index contributed by atoms with van der Waals surface area (Å²) in [5.41, 5.74) is 1.92. The Morgan fingerprint density at radius 2 is 2.08 bits per heavy atom. The van der Waals surface area contributed by atoms with Gasteiger partial charge in [-0.1, -0.05) is 12.1 Å². The molecule has 2 rings (SSSR count). The van der Waals surface area contributed by atoms with Gasteiger partial charge in [0.25, 0.3) is 5.91 Å². The lowest BCUT2D eigenvalue weighted by molar-refractivity contribution is -0.117. The molecule has 0 atom stereocenters. The summed E-state index contributed by atoms with van der Waals surface area (Å²) >= 11 is 0. The number of aromatic nitrogens is 1. The van der Waals surface area contributed by atoms with Crippen molar-refractivity contribution in [3.63, 3.8) is 0 Å². The van der Waals surface area contributed by atoms with Gasteiger partial charge >= 0.3 is 0 Å². The molecule has 1 aromatic heterocycles. The van der Waals surface area contributed by atoms with Crippen LogP contribution in [0.1, 0.15) is 11.1 Å². The van der Waals surface area contributed by atoms with Crippen LogP contribution in [0.3, 0.4) is 0 Å². The third-order valence-electron chi connectivity index (χ3n) is 3.26. The van der Waals surface area contributed by atoms with Gasteiger partial charge in [-0.3, -0.25) is 4.79 Å². The Hall–Kier alpha value is -3.33. The van der Waals surface area contributed by atoms with Gasteiger partial charge in [0.1, 0.15) is 23.2 Å². The zero-order chi connectivity index (χ0) is 17.4. The van der Waals surface area contributed by atoms with Crippen molar-refractivity contribution in [2.75, 3.05) is 12.4 Å². The van der Waals surface area contributed by atoms with Gasteiger partial charge in [-0.2, -0.15) is 5.26 Å². The topological polar surface area (TPSA) is 87.0 Å². The molecule has 122 valence electrons. The summed E-state index contributed by atoms with van der Waals surface area (Å²) in [4.78, 5) is 16.2. The summed E-state index contributed by atoms with van der Waals surface area (Å²) in [7, 11) is 1.59. The molecule has 1 amide bonds. The van der Waals surface area contributed by atoms with E-state index in [1.54, 1.807) is 13.3 Å². The molecule has 0 aliphatic heterocycles. The number of pyridine rings is 1. The standard InChI is InChI=1S/C18H18N4O2/c1-13-7-8-20-17(9-13)21-12-15(10-19)18(23)22-11-14-3-5-16(24-2)6-4-14/h3-9,12H,11H2,1-2H3,(H,20,21)(H,22,23)/b15-12-. The number of rotatable bonds is 6. The molecule has 0 saturated carbocycles. The smallest absolute Gasteiger partial charge is 0.263 e. The first-order valence-electron chi connectivity index (χ1n) is 7.33. The molecule has 1 heterocycles. The molecule has 0 aliphatic carbocycles. The second-order valence-corrected chi connectivity index (χ2v) is 5.06. The highest BCUT2D eigenvalue weighted by Gasteiger charge is 2.08. The van der Waals surface area contributed by atoms with E-state index in [4.69, 9.17) is 10.00 Å². The molecule has 0 aliphatic rings. The van der Waals surface area contributed by atoms with Crippen molar-refractivity contribution in [3.8, 4) is 11.8 Å². The van der Waals surface area contributed by atoms with Gasteiger partial charge in [0.2, 0.25) is 0 Å². The first-order chi connectivity index (χ1) is 11.6. The van der Waals surface area contributed by atoms with Crippen molar-refractivity contribution in [2.24, 2.45) is 0 Å². The summed E-state index contributed by atoms with van der Waals surface area (Å²) in [6.07, 6.45) is 3.01. The average Bonchev–Trinajstić information content (AvgIpc) is 2.61. The molecule has 2 aromatic rings. The maximum atomic E-state index is 12.1. The fraction of sp³-hybridized carbons (Fsp3) is 0.167. The van der Waals surface area contributed by atoms with Gasteiger partial charge in [-0.05, 0) is 42.3 Å². The minimum absolute atomic E-state index is 0.0215. The van der Waals surface area contributed by atoms with Crippen LogP contribution in [0, 0.1) is 18.3 Å². The molecule has 0 saturated heterocycles. The lowest BCUT2D eigenvalue weighted by Gasteiger charge is -2.06. The Morgan fingerprint density at radius 1 is 1.33 bits per heavy atom.